The van der Waals surface area contributed by atoms with Crippen LogP contribution in [0.2, 0.25) is 5.02 Å². The van der Waals surface area contributed by atoms with Gasteiger partial charge in [0.15, 0.2) is 0 Å². The van der Waals surface area contributed by atoms with E-state index in [9.17, 15) is 4.79 Å². The zero-order valence-electron chi connectivity index (χ0n) is 10.4. The summed E-state index contributed by atoms with van der Waals surface area (Å²) in [4.78, 5) is 11.4. The molecule has 0 fully saturated rings. The molecule has 0 spiro atoms. The van der Waals surface area contributed by atoms with Gasteiger partial charge in [-0.2, -0.15) is 0 Å². The maximum Gasteiger partial charge on any atom is 0.325 e. The lowest BCUT2D eigenvalue weighted by atomic mass is 10.1. The fraction of sp³-hybridized carbons (Fsp3) is 0.462. The van der Waals surface area contributed by atoms with Gasteiger partial charge in [0.2, 0.25) is 0 Å². The lowest BCUT2D eigenvalue weighted by Gasteiger charge is -2.23. The minimum Gasteiger partial charge on any atom is -0.468 e. The molecule has 0 bridgehead atoms. The smallest absolute Gasteiger partial charge is 0.325 e. The Morgan fingerprint density at radius 3 is 2.47 bits per heavy atom. The Hall–Kier alpha value is -1.06. The highest BCUT2D eigenvalue weighted by molar-refractivity contribution is 6.30. The van der Waals surface area contributed by atoms with Gasteiger partial charge in [-0.25, -0.2) is 0 Å². The van der Waals surface area contributed by atoms with Gasteiger partial charge in [-0.3, -0.25) is 4.79 Å². The van der Waals surface area contributed by atoms with E-state index >= 15 is 0 Å². The van der Waals surface area contributed by atoms with Gasteiger partial charge < -0.3 is 10.1 Å². The molecule has 0 amide bonds. The van der Waals surface area contributed by atoms with E-state index in [0.29, 0.717) is 6.54 Å². The van der Waals surface area contributed by atoms with E-state index in [4.69, 9.17) is 16.3 Å². The molecular formula is C13H18ClNO2. The Labute approximate surface area is 107 Å². The van der Waals surface area contributed by atoms with E-state index < -0.39 is 5.54 Å². The third-order valence-corrected chi connectivity index (χ3v) is 2.84. The number of rotatable bonds is 5. The standard InChI is InChI=1S/C13H18ClNO2/c1-13(2,12(16)17-3)15-9-8-10-4-6-11(14)7-5-10/h4-7,15H,8-9H2,1-3H3. The van der Waals surface area contributed by atoms with Crippen LogP contribution in [0.1, 0.15) is 19.4 Å². The van der Waals surface area contributed by atoms with E-state index in [0.717, 1.165) is 11.4 Å². The molecule has 0 radical (unpaired) electrons. The normalized spacial score (nSPS) is 11.3. The van der Waals surface area contributed by atoms with Crippen LogP contribution in [0, 0.1) is 0 Å². The summed E-state index contributed by atoms with van der Waals surface area (Å²) in [5, 5.41) is 3.90. The molecular weight excluding hydrogens is 238 g/mol. The second kappa shape index (κ2) is 6.03. The second-order valence-corrected chi connectivity index (χ2v) is 4.86. The number of hydrogen-bond donors (Lipinski definition) is 1. The summed E-state index contributed by atoms with van der Waals surface area (Å²) in [5.74, 6) is -0.256. The summed E-state index contributed by atoms with van der Waals surface area (Å²) >= 11 is 5.80. The molecule has 0 heterocycles. The molecule has 1 aromatic rings. The molecule has 0 aliphatic rings. The predicted molar refractivity (Wildman–Crippen MR) is 69.3 cm³/mol. The average Bonchev–Trinajstić information content (AvgIpc) is 2.30. The number of carbonyl (C=O) groups excluding carboxylic acids is 1. The molecule has 1 N–H and O–H groups in total. The van der Waals surface area contributed by atoms with Crippen molar-refractivity contribution in [1.29, 1.82) is 0 Å². The molecule has 0 atom stereocenters. The van der Waals surface area contributed by atoms with Crippen LogP contribution >= 0.6 is 11.6 Å². The van der Waals surface area contributed by atoms with E-state index in [1.165, 1.54) is 12.7 Å². The molecule has 0 saturated carbocycles. The summed E-state index contributed by atoms with van der Waals surface area (Å²) in [5.41, 5.74) is 0.531. The minimum absolute atomic E-state index is 0.256. The van der Waals surface area contributed by atoms with E-state index in [2.05, 4.69) is 5.32 Å². The van der Waals surface area contributed by atoms with Gasteiger partial charge in [0.25, 0.3) is 0 Å². The maximum absolute atomic E-state index is 11.4. The van der Waals surface area contributed by atoms with Crippen molar-refractivity contribution in [3.8, 4) is 0 Å². The largest absolute Gasteiger partial charge is 0.468 e. The Morgan fingerprint density at radius 2 is 1.94 bits per heavy atom. The topological polar surface area (TPSA) is 38.3 Å². The van der Waals surface area contributed by atoms with Crippen molar-refractivity contribution in [3.05, 3.63) is 34.9 Å². The number of methoxy groups -OCH3 is 1. The van der Waals surface area contributed by atoms with Gasteiger partial charge in [-0.1, -0.05) is 23.7 Å². The number of nitrogens with one attached hydrogen (secondary N) is 1. The monoisotopic (exact) mass is 255 g/mol. The summed E-state index contributed by atoms with van der Waals surface area (Å²) in [6.07, 6.45) is 0.845. The fourth-order valence-corrected chi connectivity index (χ4v) is 1.62. The first-order valence-corrected chi connectivity index (χ1v) is 5.91. The third kappa shape index (κ3) is 4.36. The van der Waals surface area contributed by atoms with Crippen LogP contribution in [0.5, 0.6) is 0 Å². The highest BCUT2D eigenvalue weighted by Gasteiger charge is 2.27. The SMILES string of the molecule is COC(=O)C(C)(C)NCCc1ccc(Cl)cc1. The lowest BCUT2D eigenvalue weighted by Crippen LogP contribution is -2.48. The molecule has 0 aliphatic carbocycles. The van der Waals surface area contributed by atoms with Crippen LogP contribution in [-0.4, -0.2) is 25.2 Å². The molecule has 1 rings (SSSR count). The highest BCUT2D eigenvalue weighted by atomic mass is 35.5. The zero-order valence-corrected chi connectivity index (χ0v) is 11.2. The average molecular weight is 256 g/mol. The van der Waals surface area contributed by atoms with Crippen LogP contribution in [0.3, 0.4) is 0 Å². The van der Waals surface area contributed by atoms with Crippen molar-refractivity contribution in [3.63, 3.8) is 0 Å². The van der Waals surface area contributed by atoms with Crippen molar-refractivity contribution >= 4 is 17.6 Å². The molecule has 94 valence electrons. The van der Waals surface area contributed by atoms with E-state index in [1.54, 1.807) is 13.8 Å². The molecule has 0 saturated heterocycles. The molecule has 0 aliphatic heterocycles. The number of hydrogen-bond acceptors (Lipinski definition) is 3. The fourth-order valence-electron chi connectivity index (χ4n) is 1.50. The first-order valence-electron chi connectivity index (χ1n) is 5.53. The highest BCUT2D eigenvalue weighted by Crippen LogP contribution is 2.10. The number of benzene rings is 1. The van der Waals surface area contributed by atoms with Gasteiger partial charge in [0.05, 0.1) is 7.11 Å². The zero-order chi connectivity index (χ0) is 12.9. The van der Waals surface area contributed by atoms with Crippen molar-refractivity contribution < 1.29 is 9.53 Å². The second-order valence-electron chi connectivity index (χ2n) is 4.42. The Kier molecular flexibility index (Phi) is 4.97. The quantitative estimate of drug-likeness (QED) is 0.822. The maximum atomic E-state index is 11.4. The van der Waals surface area contributed by atoms with Gasteiger partial charge in [-0.05, 0) is 38.0 Å². The Bertz CT molecular complexity index is 374. The van der Waals surface area contributed by atoms with Crippen LogP contribution < -0.4 is 5.32 Å². The first-order chi connectivity index (χ1) is 7.95. The number of ether oxygens (including phenoxy) is 1. The van der Waals surface area contributed by atoms with Crippen LogP contribution in [0.15, 0.2) is 24.3 Å². The molecule has 0 unspecified atom stereocenters. The molecule has 4 heteroatoms. The summed E-state index contributed by atoms with van der Waals surface area (Å²) in [6.45, 7) is 4.32. The van der Waals surface area contributed by atoms with Crippen LogP contribution in [-0.2, 0) is 16.0 Å². The van der Waals surface area contributed by atoms with Crippen molar-refractivity contribution in [1.82, 2.24) is 5.32 Å². The van der Waals surface area contributed by atoms with E-state index in [1.807, 2.05) is 24.3 Å². The molecule has 1 aromatic carbocycles. The van der Waals surface area contributed by atoms with Gasteiger partial charge in [0, 0.05) is 11.6 Å². The van der Waals surface area contributed by atoms with Crippen molar-refractivity contribution in [2.45, 2.75) is 25.8 Å². The summed E-state index contributed by atoms with van der Waals surface area (Å²) in [6, 6.07) is 7.69. The third-order valence-electron chi connectivity index (χ3n) is 2.59. The van der Waals surface area contributed by atoms with Gasteiger partial charge in [-0.15, -0.1) is 0 Å². The van der Waals surface area contributed by atoms with E-state index in [-0.39, 0.29) is 5.97 Å². The van der Waals surface area contributed by atoms with Gasteiger partial charge in [0.1, 0.15) is 5.54 Å². The Balaban J connectivity index is 2.42. The number of esters is 1. The first kappa shape index (κ1) is 14.0. The number of carbonyl (C=O) groups is 1. The predicted octanol–water partition coefficient (Wildman–Crippen LogP) is 2.42. The van der Waals surface area contributed by atoms with Crippen LogP contribution in [0.4, 0.5) is 0 Å². The lowest BCUT2D eigenvalue weighted by molar-refractivity contribution is -0.147. The van der Waals surface area contributed by atoms with Crippen molar-refractivity contribution in [2.75, 3.05) is 13.7 Å². The minimum atomic E-state index is -0.652. The number of halogens is 1. The van der Waals surface area contributed by atoms with Crippen molar-refractivity contribution in [2.24, 2.45) is 0 Å². The van der Waals surface area contributed by atoms with Gasteiger partial charge >= 0.3 is 5.97 Å². The molecule has 3 nitrogen and oxygen atoms in total. The summed E-state index contributed by atoms with van der Waals surface area (Å²) < 4.78 is 4.71. The van der Waals surface area contributed by atoms with Crippen LogP contribution in [0.25, 0.3) is 0 Å². The summed E-state index contributed by atoms with van der Waals surface area (Å²) in [7, 11) is 1.39. The molecule has 0 aromatic heterocycles. The molecule has 17 heavy (non-hydrogen) atoms. The Morgan fingerprint density at radius 1 is 1.35 bits per heavy atom.